The Morgan fingerprint density at radius 3 is 2.76 bits per heavy atom. The second-order valence-corrected chi connectivity index (χ2v) is 4.94. The third kappa shape index (κ3) is 2.94. The lowest BCUT2D eigenvalue weighted by Crippen LogP contribution is -1.95. The number of nitrogens with two attached hydrogens (primary N) is 1. The van der Waals surface area contributed by atoms with E-state index in [9.17, 15) is 0 Å². The number of hydrogen-bond acceptors (Lipinski definition) is 5. The molecule has 4 nitrogen and oxygen atoms in total. The Balaban J connectivity index is 2.25. The van der Waals surface area contributed by atoms with Crippen LogP contribution in [0.2, 0.25) is 0 Å². The van der Waals surface area contributed by atoms with Crippen LogP contribution in [0.3, 0.4) is 0 Å². The molecule has 0 radical (unpaired) electrons. The first kappa shape index (κ1) is 11.9. The van der Waals surface area contributed by atoms with Crippen LogP contribution in [-0.4, -0.2) is 15.0 Å². The molecule has 0 amide bonds. The van der Waals surface area contributed by atoms with Gasteiger partial charge in [0.2, 0.25) is 0 Å². The molecule has 2 N–H and O–H groups in total. The molecule has 0 aliphatic carbocycles. The summed E-state index contributed by atoms with van der Waals surface area (Å²) in [7, 11) is 0. The number of rotatable bonds is 3. The molecular formula is C12H14N4S. The number of pyridine rings is 1. The maximum absolute atomic E-state index is 5.84. The monoisotopic (exact) mass is 246 g/mol. The van der Waals surface area contributed by atoms with Gasteiger partial charge >= 0.3 is 0 Å². The van der Waals surface area contributed by atoms with Crippen LogP contribution in [-0.2, 0) is 0 Å². The average Bonchev–Trinajstić information content (AvgIpc) is 2.32. The smallest absolute Gasteiger partial charge is 0.125 e. The number of hydrogen-bond donors (Lipinski definition) is 1. The predicted molar refractivity (Wildman–Crippen MR) is 68.9 cm³/mol. The van der Waals surface area contributed by atoms with Crippen molar-refractivity contribution in [2.75, 3.05) is 5.73 Å². The molecule has 2 rings (SSSR count). The minimum Gasteiger partial charge on any atom is -0.397 e. The fraction of sp³-hybridized carbons (Fsp3) is 0.250. The van der Waals surface area contributed by atoms with Gasteiger partial charge in [0.25, 0.3) is 0 Å². The lowest BCUT2D eigenvalue weighted by atomic mass is 10.1. The van der Waals surface area contributed by atoms with Gasteiger partial charge in [-0.1, -0.05) is 13.8 Å². The highest BCUT2D eigenvalue weighted by Gasteiger charge is 2.07. The molecule has 0 bridgehead atoms. The molecule has 2 heterocycles. The molecule has 0 aliphatic rings. The van der Waals surface area contributed by atoms with Crippen LogP contribution in [0.25, 0.3) is 0 Å². The van der Waals surface area contributed by atoms with Gasteiger partial charge in [-0.15, -0.1) is 0 Å². The third-order valence-corrected chi connectivity index (χ3v) is 3.22. The topological polar surface area (TPSA) is 64.7 Å². The van der Waals surface area contributed by atoms with E-state index in [0.29, 0.717) is 11.6 Å². The van der Waals surface area contributed by atoms with Crippen molar-refractivity contribution in [3.63, 3.8) is 0 Å². The Morgan fingerprint density at radius 2 is 2.06 bits per heavy atom. The summed E-state index contributed by atoms with van der Waals surface area (Å²) in [5, 5.41) is 1.65. The Morgan fingerprint density at radius 1 is 1.24 bits per heavy atom. The van der Waals surface area contributed by atoms with Gasteiger partial charge in [0.15, 0.2) is 0 Å². The van der Waals surface area contributed by atoms with Crippen LogP contribution in [0.1, 0.15) is 25.5 Å². The molecular weight excluding hydrogens is 232 g/mol. The summed E-state index contributed by atoms with van der Waals surface area (Å²) in [4.78, 5) is 12.7. The normalized spacial score (nSPS) is 10.8. The van der Waals surface area contributed by atoms with Crippen molar-refractivity contribution >= 4 is 17.4 Å². The molecule has 17 heavy (non-hydrogen) atoms. The molecule has 0 unspecified atom stereocenters. The van der Waals surface area contributed by atoms with Crippen LogP contribution in [0, 0.1) is 0 Å². The molecule has 0 saturated carbocycles. The molecule has 0 saturated heterocycles. The van der Waals surface area contributed by atoms with Crippen LogP contribution in [0.5, 0.6) is 0 Å². The first-order chi connectivity index (χ1) is 8.16. The molecule has 2 aromatic rings. The van der Waals surface area contributed by atoms with E-state index in [2.05, 4.69) is 28.8 Å². The zero-order valence-corrected chi connectivity index (χ0v) is 10.6. The van der Waals surface area contributed by atoms with Crippen molar-refractivity contribution in [1.29, 1.82) is 0 Å². The highest BCUT2D eigenvalue weighted by Crippen LogP contribution is 2.29. The lowest BCUT2D eigenvalue weighted by molar-refractivity contribution is 0.799. The maximum atomic E-state index is 5.84. The fourth-order valence-electron chi connectivity index (χ4n) is 1.31. The average molecular weight is 246 g/mol. The second kappa shape index (κ2) is 5.14. The SMILES string of the molecule is CC(C)c1cc(Sc2ncccc2N)ncn1. The van der Waals surface area contributed by atoms with E-state index in [1.54, 1.807) is 12.5 Å². The van der Waals surface area contributed by atoms with Gasteiger partial charge in [-0.3, -0.25) is 0 Å². The van der Waals surface area contributed by atoms with E-state index >= 15 is 0 Å². The van der Waals surface area contributed by atoms with E-state index in [0.717, 1.165) is 15.7 Å². The molecule has 0 aliphatic heterocycles. The summed E-state index contributed by atoms with van der Waals surface area (Å²) in [6.07, 6.45) is 3.31. The number of aromatic nitrogens is 3. The van der Waals surface area contributed by atoms with Gasteiger partial charge in [0.05, 0.1) is 5.69 Å². The van der Waals surface area contributed by atoms with Gasteiger partial charge in [-0.2, -0.15) is 0 Å². The highest BCUT2D eigenvalue weighted by atomic mass is 32.2. The van der Waals surface area contributed by atoms with Gasteiger partial charge in [0, 0.05) is 11.9 Å². The standard InChI is InChI=1S/C12H14N4S/c1-8(2)10-6-11(16-7-15-10)17-12-9(13)4-3-5-14-12/h3-8H,13H2,1-2H3. The number of anilines is 1. The van der Waals surface area contributed by atoms with Crippen LogP contribution >= 0.6 is 11.8 Å². The van der Waals surface area contributed by atoms with Gasteiger partial charge in [-0.25, -0.2) is 15.0 Å². The number of nitrogen functional groups attached to an aromatic ring is 1. The van der Waals surface area contributed by atoms with Crippen molar-refractivity contribution in [2.24, 2.45) is 0 Å². The van der Waals surface area contributed by atoms with E-state index < -0.39 is 0 Å². The van der Waals surface area contributed by atoms with E-state index in [1.165, 1.54) is 11.8 Å². The van der Waals surface area contributed by atoms with Gasteiger partial charge < -0.3 is 5.73 Å². The van der Waals surface area contributed by atoms with Crippen molar-refractivity contribution in [3.8, 4) is 0 Å². The minimum absolute atomic E-state index is 0.387. The molecule has 2 aromatic heterocycles. The van der Waals surface area contributed by atoms with Crippen molar-refractivity contribution < 1.29 is 0 Å². The summed E-state index contributed by atoms with van der Waals surface area (Å²) in [5.41, 5.74) is 7.53. The minimum atomic E-state index is 0.387. The van der Waals surface area contributed by atoms with Gasteiger partial charge in [0.1, 0.15) is 16.4 Å². The van der Waals surface area contributed by atoms with E-state index in [-0.39, 0.29) is 0 Å². The summed E-state index contributed by atoms with van der Waals surface area (Å²) in [6, 6.07) is 5.63. The first-order valence-electron chi connectivity index (χ1n) is 5.37. The Labute approximate surface area is 105 Å². The summed E-state index contributed by atoms with van der Waals surface area (Å²) in [5.74, 6) is 0.387. The van der Waals surface area contributed by atoms with Crippen LogP contribution < -0.4 is 5.73 Å². The molecule has 0 fully saturated rings. The van der Waals surface area contributed by atoms with Crippen molar-refractivity contribution in [3.05, 3.63) is 36.4 Å². The summed E-state index contributed by atoms with van der Waals surface area (Å²) in [6.45, 7) is 4.21. The first-order valence-corrected chi connectivity index (χ1v) is 6.18. The Bertz CT molecular complexity index is 513. The zero-order chi connectivity index (χ0) is 12.3. The van der Waals surface area contributed by atoms with E-state index in [4.69, 9.17) is 5.73 Å². The third-order valence-electron chi connectivity index (χ3n) is 2.26. The molecule has 0 spiro atoms. The lowest BCUT2D eigenvalue weighted by Gasteiger charge is -2.06. The number of nitrogens with zero attached hydrogens (tertiary/aromatic N) is 3. The maximum Gasteiger partial charge on any atom is 0.125 e. The van der Waals surface area contributed by atoms with Crippen LogP contribution in [0.4, 0.5) is 5.69 Å². The molecule has 88 valence electrons. The molecule has 0 atom stereocenters. The Kier molecular flexibility index (Phi) is 3.58. The predicted octanol–water partition coefficient (Wildman–Crippen LogP) is 2.73. The zero-order valence-electron chi connectivity index (χ0n) is 9.79. The summed E-state index contributed by atoms with van der Waals surface area (Å²) < 4.78 is 0. The quantitative estimate of drug-likeness (QED) is 0.843. The molecule has 5 heteroatoms. The summed E-state index contributed by atoms with van der Waals surface area (Å²) >= 11 is 1.46. The van der Waals surface area contributed by atoms with Crippen molar-refractivity contribution in [2.45, 2.75) is 29.8 Å². The largest absolute Gasteiger partial charge is 0.397 e. The van der Waals surface area contributed by atoms with Crippen LogP contribution in [0.15, 0.2) is 40.8 Å². The molecule has 0 aromatic carbocycles. The van der Waals surface area contributed by atoms with Gasteiger partial charge in [-0.05, 0) is 35.9 Å². The Hall–Kier alpha value is -1.62. The van der Waals surface area contributed by atoms with E-state index in [1.807, 2.05) is 18.2 Å². The van der Waals surface area contributed by atoms with Crippen molar-refractivity contribution in [1.82, 2.24) is 15.0 Å². The highest BCUT2D eigenvalue weighted by molar-refractivity contribution is 7.99. The second-order valence-electron chi connectivity index (χ2n) is 3.94. The fourth-order valence-corrected chi connectivity index (χ4v) is 2.09.